The Labute approximate surface area is 247 Å². The number of hydrogen-bond acceptors (Lipinski definition) is 11. The molecule has 0 amide bonds. The zero-order valence-corrected chi connectivity index (χ0v) is 25.8. The average Bonchev–Trinajstić information content (AvgIpc) is 2.96. The first-order valence-corrected chi connectivity index (χ1v) is 16.7. The van der Waals surface area contributed by atoms with Crippen molar-refractivity contribution in [1.29, 1.82) is 0 Å². The van der Waals surface area contributed by atoms with Crippen LogP contribution in [-0.4, -0.2) is 105 Å². The average molecular weight is 600 g/mol. The van der Waals surface area contributed by atoms with Crippen molar-refractivity contribution in [1.82, 2.24) is 24.9 Å². The van der Waals surface area contributed by atoms with Crippen LogP contribution in [0.3, 0.4) is 0 Å². The normalized spacial score (nSPS) is 17.4. The minimum absolute atomic E-state index is 0.120. The van der Waals surface area contributed by atoms with Gasteiger partial charge in [0.25, 0.3) is 0 Å². The summed E-state index contributed by atoms with van der Waals surface area (Å²) in [5, 5.41) is 12.3. The highest BCUT2D eigenvalue weighted by Gasteiger charge is 2.25. The Hall–Kier alpha value is -3.08. The van der Waals surface area contributed by atoms with E-state index in [0.29, 0.717) is 28.2 Å². The van der Waals surface area contributed by atoms with E-state index in [1.165, 1.54) is 0 Å². The number of halogens is 1. The van der Waals surface area contributed by atoms with Crippen molar-refractivity contribution >= 4 is 58.7 Å². The third kappa shape index (κ3) is 6.88. The number of rotatable bonds is 8. The molecule has 0 atom stereocenters. The summed E-state index contributed by atoms with van der Waals surface area (Å²) < 4.78 is 18.6. The van der Waals surface area contributed by atoms with E-state index in [9.17, 15) is 4.57 Å². The van der Waals surface area contributed by atoms with Crippen LogP contribution in [0, 0.1) is 0 Å². The number of aromatic nitrogens is 2. The number of nitrogen functional groups attached to an aromatic ring is 1. The van der Waals surface area contributed by atoms with E-state index in [1.807, 2.05) is 36.4 Å². The molecule has 0 saturated carbocycles. The number of hydrogen-bond donors (Lipinski definition) is 3. The van der Waals surface area contributed by atoms with Gasteiger partial charge in [-0.15, -0.1) is 0 Å². The fourth-order valence-electron chi connectivity index (χ4n) is 5.20. The molecule has 3 aromatic rings. The molecule has 220 valence electrons. The molecule has 1 aromatic heterocycles. The van der Waals surface area contributed by atoms with Crippen LogP contribution in [0.2, 0.25) is 5.02 Å². The Kier molecular flexibility index (Phi) is 8.91. The maximum atomic E-state index is 12.8. The summed E-state index contributed by atoms with van der Waals surface area (Å²) in [6.07, 6.45) is 0. The SMILES string of the molecule is COc1cc(N2CCN(N3CCN(C)CC3)CC2)ccc1Nc1nc(N)c(Cl)c(Nc2ccccc2P(C)(C)=O)n1. The minimum atomic E-state index is -2.55. The maximum absolute atomic E-state index is 12.8. The van der Waals surface area contributed by atoms with Gasteiger partial charge < -0.3 is 35.5 Å². The molecule has 2 aliphatic heterocycles. The lowest BCUT2D eigenvalue weighted by atomic mass is 10.2. The summed E-state index contributed by atoms with van der Waals surface area (Å²) in [7, 11) is 1.28. The van der Waals surface area contributed by atoms with E-state index in [0.717, 1.165) is 58.0 Å². The topological polar surface area (TPSA) is 115 Å². The number of benzene rings is 2. The van der Waals surface area contributed by atoms with Gasteiger partial charge in [-0.05, 0) is 44.6 Å². The number of anilines is 6. The lowest BCUT2D eigenvalue weighted by Gasteiger charge is -2.44. The number of nitrogens with one attached hydrogen (secondary N) is 2. The molecular formula is C28H39ClN9O2P. The molecular weight excluding hydrogens is 561 g/mol. The van der Waals surface area contributed by atoms with Crippen molar-refractivity contribution in [3.05, 3.63) is 47.5 Å². The Morgan fingerprint density at radius 1 is 0.902 bits per heavy atom. The van der Waals surface area contributed by atoms with Gasteiger partial charge in [0.15, 0.2) is 5.82 Å². The van der Waals surface area contributed by atoms with Gasteiger partial charge in [-0.2, -0.15) is 9.97 Å². The van der Waals surface area contributed by atoms with Crippen LogP contribution >= 0.6 is 18.7 Å². The van der Waals surface area contributed by atoms with Crippen molar-refractivity contribution in [2.45, 2.75) is 0 Å². The number of ether oxygens (including phenoxy) is 1. The van der Waals surface area contributed by atoms with Gasteiger partial charge in [0.05, 0.1) is 18.5 Å². The number of methoxy groups -OCH3 is 1. The van der Waals surface area contributed by atoms with Crippen LogP contribution in [0.1, 0.15) is 0 Å². The number of nitrogens with zero attached hydrogens (tertiary/aromatic N) is 6. The lowest BCUT2D eigenvalue weighted by Crippen LogP contribution is -2.58. The van der Waals surface area contributed by atoms with E-state index >= 15 is 0 Å². The first-order chi connectivity index (χ1) is 19.6. The molecule has 2 aliphatic rings. The molecule has 4 N–H and O–H groups in total. The van der Waals surface area contributed by atoms with Crippen molar-refractivity contribution < 1.29 is 9.30 Å². The van der Waals surface area contributed by atoms with Crippen LogP contribution < -0.4 is 31.3 Å². The predicted molar refractivity (Wildman–Crippen MR) is 169 cm³/mol. The van der Waals surface area contributed by atoms with Crippen LogP contribution in [0.15, 0.2) is 42.5 Å². The second kappa shape index (κ2) is 12.4. The Balaban J connectivity index is 1.30. The monoisotopic (exact) mass is 599 g/mol. The highest BCUT2D eigenvalue weighted by Crippen LogP contribution is 2.39. The summed E-state index contributed by atoms with van der Waals surface area (Å²) >= 11 is 6.47. The third-order valence-electron chi connectivity index (χ3n) is 7.55. The number of nitrogens with two attached hydrogens (primary N) is 1. The minimum Gasteiger partial charge on any atom is -0.494 e. The van der Waals surface area contributed by atoms with Crippen molar-refractivity contribution in [2.24, 2.45) is 0 Å². The van der Waals surface area contributed by atoms with Crippen LogP contribution in [0.25, 0.3) is 0 Å². The van der Waals surface area contributed by atoms with Crippen LogP contribution in [-0.2, 0) is 4.57 Å². The summed E-state index contributed by atoms with van der Waals surface area (Å²) in [6, 6.07) is 13.4. The molecule has 13 heteroatoms. The molecule has 0 aliphatic carbocycles. The Bertz CT molecular complexity index is 1420. The summed E-state index contributed by atoms with van der Waals surface area (Å²) in [4.78, 5) is 13.7. The lowest BCUT2D eigenvalue weighted by molar-refractivity contribution is -0.0564. The molecule has 0 unspecified atom stereocenters. The van der Waals surface area contributed by atoms with E-state index in [4.69, 9.17) is 22.1 Å². The predicted octanol–water partition coefficient (Wildman–Crippen LogP) is 3.74. The maximum Gasteiger partial charge on any atom is 0.231 e. The van der Waals surface area contributed by atoms with Gasteiger partial charge in [-0.3, -0.25) is 0 Å². The second-order valence-electron chi connectivity index (χ2n) is 10.8. The summed E-state index contributed by atoms with van der Waals surface area (Å²) in [5.74, 6) is 1.36. The molecule has 3 heterocycles. The highest BCUT2D eigenvalue weighted by molar-refractivity contribution is 7.70. The van der Waals surface area contributed by atoms with E-state index in [1.54, 1.807) is 20.4 Å². The zero-order valence-electron chi connectivity index (χ0n) is 24.1. The van der Waals surface area contributed by atoms with Gasteiger partial charge in [0, 0.05) is 69.4 Å². The van der Waals surface area contributed by atoms with Gasteiger partial charge in [0.2, 0.25) is 5.95 Å². The highest BCUT2D eigenvalue weighted by atomic mass is 35.5. The quantitative estimate of drug-likeness (QED) is 0.329. The molecule has 41 heavy (non-hydrogen) atoms. The molecule has 2 saturated heterocycles. The molecule has 2 aromatic carbocycles. The zero-order chi connectivity index (χ0) is 29.1. The van der Waals surface area contributed by atoms with Crippen LogP contribution in [0.5, 0.6) is 5.75 Å². The van der Waals surface area contributed by atoms with Gasteiger partial charge in [-0.25, -0.2) is 10.0 Å². The number of para-hydroxylation sites is 1. The fourth-order valence-corrected chi connectivity index (χ4v) is 6.48. The van der Waals surface area contributed by atoms with E-state index in [-0.39, 0.29) is 16.8 Å². The second-order valence-corrected chi connectivity index (χ2v) is 14.4. The van der Waals surface area contributed by atoms with E-state index in [2.05, 4.69) is 53.5 Å². The first kappa shape index (κ1) is 29.4. The Morgan fingerprint density at radius 2 is 1.56 bits per heavy atom. The standard InChI is InChI=1S/C28H39ClN9O2P/c1-35-11-15-37(16-12-35)38-17-13-36(14-18-38)20-9-10-21(23(19-20)40-2)32-28-33-26(30)25(29)27(34-28)31-22-7-5-6-8-24(22)41(3,4)39/h5-10,19H,11-18H2,1-4H3,(H4,30,31,32,33,34). The molecule has 5 rings (SSSR count). The molecule has 0 bridgehead atoms. The molecule has 2 fully saturated rings. The smallest absolute Gasteiger partial charge is 0.231 e. The number of piperazine rings is 2. The Morgan fingerprint density at radius 3 is 2.22 bits per heavy atom. The number of likely N-dealkylation sites (N-methyl/N-ethyl adjacent to an activating group) is 1. The fraction of sp³-hybridized carbons (Fsp3) is 0.429. The van der Waals surface area contributed by atoms with Gasteiger partial charge >= 0.3 is 0 Å². The van der Waals surface area contributed by atoms with E-state index < -0.39 is 7.14 Å². The van der Waals surface area contributed by atoms with Crippen molar-refractivity contribution in [3.63, 3.8) is 0 Å². The van der Waals surface area contributed by atoms with Gasteiger partial charge in [-0.1, -0.05) is 23.7 Å². The molecule has 11 nitrogen and oxygen atoms in total. The van der Waals surface area contributed by atoms with Gasteiger partial charge in [0.1, 0.15) is 23.7 Å². The summed E-state index contributed by atoms with van der Waals surface area (Å²) in [6.45, 7) is 11.7. The van der Waals surface area contributed by atoms with Crippen molar-refractivity contribution in [3.8, 4) is 5.75 Å². The third-order valence-corrected chi connectivity index (χ3v) is 9.47. The van der Waals surface area contributed by atoms with Crippen LogP contribution in [0.4, 0.5) is 34.6 Å². The molecule has 0 spiro atoms. The first-order valence-electron chi connectivity index (χ1n) is 13.8. The summed E-state index contributed by atoms with van der Waals surface area (Å²) in [5.41, 5.74) is 8.61. The largest absolute Gasteiger partial charge is 0.494 e. The molecule has 0 radical (unpaired) electrons. The van der Waals surface area contributed by atoms with Crippen molar-refractivity contribution in [2.75, 3.05) is 101 Å². The number of hydrazine groups is 1.